The molecule has 2 saturated carbocycles. The Labute approximate surface area is 186 Å². The molecule has 32 heavy (non-hydrogen) atoms. The molecule has 3 aliphatic rings. The average Bonchev–Trinajstić information content (AvgIpc) is 3.13. The number of hydrogen-bond acceptors (Lipinski definition) is 5. The lowest BCUT2D eigenvalue weighted by Crippen LogP contribution is -2.65. The first-order valence-corrected chi connectivity index (χ1v) is 11.4. The quantitative estimate of drug-likeness (QED) is 0.717. The Bertz CT molecular complexity index is 1060. The van der Waals surface area contributed by atoms with Crippen LogP contribution < -0.4 is 10.6 Å². The second-order valence-corrected chi connectivity index (χ2v) is 9.40. The lowest BCUT2D eigenvalue weighted by Gasteiger charge is -2.44. The minimum Gasteiger partial charge on any atom is -0.465 e. The predicted molar refractivity (Wildman–Crippen MR) is 115 cm³/mol. The molecule has 2 aromatic heterocycles. The average molecular weight is 440 g/mol. The number of furan rings is 1. The van der Waals surface area contributed by atoms with Crippen LogP contribution in [0.4, 0.5) is 0 Å². The van der Waals surface area contributed by atoms with Gasteiger partial charge in [-0.1, -0.05) is 12.8 Å². The monoisotopic (exact) mass is 439 g/mol. The summed E-state index contributed by atoms with van der Waals surface area (Å²) >= 11 is 0. The minimum atomic E-state index is -1.01. The van der Waals surface area contributed by atoms with Crippen LogP contribution in [0.1, 0.15) is 77.9 Å². The van der Waals surface area contributed by atoms with Crippen LogP contribution in [0.5, 0.6) is 0 Å². The van der Waals surface area contributed by atoms with Crippen molar-refractivity contribution >= 4 is 17.7 Å². The normalized spacial score (nSPS) is 23.3. The van der Waals surface area contributed by atoms with E-state index in [0.717, 1.165) is 44.3 Å². The standard InChI is InChI=1S/C23H29N5O4/c1-14-7-10-17(32-14)11-24-20(29)18-19-21(30)28(16-8-9-16)23(2,12-27(19)13-25-18)22(31)26-15-5-3-4-6-15/h7,10,13,15-16H,3-6,8-9,11-12H2,1-2H3,(H,24,29)(H,26,31). The zero-order valence-electron chi connectivity index (χ0n) is 18.5. The molecule has 9 heteroatoms. The number of rotatable bonds is 6. The van der Waals surface area contributed by atoms with E-state index in [1.54, 1.807) is 15.5 Å². The number of aromatic nitrogens is 2. The molecular weight excluding hydrogens is 410 g/mol. The minimum absolute atomic E-state index is 0.0208. The summed E-state index contributed by atoms with van der Waals surface area (Å²) in [6.45, 7) is 4.15. The predicted octanol–water partition coefficient (Wildman–Crippen LogP) is 2.15. The van der Waals surface area contributed by atoms with Gasteiger partial charge in [-0.15, -0.1) is 0 Å². The van der Waals surface area contributed by atoms with Gasteiger partial charge in [-0.05, 0) is 51.7 Å². The Morgan fingerprint density at radius 1 is 1.22 bits per heavy atom. The highest BCUT2D eigenvalue weighted by Gasteiger charge is 2.54. The Hall–Kier alpha value is -3.10. The number of hydrogen-bond donors (Lipinski definition) is 2. The van der Waals surface area contributed by atoms with Gasteiger partial charge in [0.05, 0.1) is 19.4 Å². The van der Waals surface area contributed by atoms with E-state index in [1.165, 1.54) is 6.33 Å². The molecule has 3 amide bonds. The molecule has 170 valence electrons. The molecule has 2 aromatic rings. The number of carbonyl (C=O) groups is 3. The van der Waals surface area contributed by atoms with Crippen LogP contribution in [-0.2, 0) is 17.9 Å². The lowest BCUT2D eigenvalue weighted by atomic mass is 9.93. The number of aryl methyl sites for hydroxylation is 1. The van der Waals surface area contributed by atoms with Gasteiger partial charge in [-0.3, -0.25) is 14.4 Å². The molecule has 2 fully saturated rings. The molecule has 9 nitrogen and oxygen atoms in total. The first-order chi connectivity index (χ1) is 15.4. The maximum atomic E-state index is 13.6. The van der Waals surface area contributed by atoms with E-state index < -0.39 is 11.4 Å². The van der Waals surface area contributed by atoms with Crippen molar-refractivity contribution in [1.82, 2.24) is 25.1 Å². The fourth-order valence-corrected chi connectivity index (χ4v) is 4.96. The highest BCUT2D eigenvalue weighted by Crippen LogP contribution is 2.39. The maximum absolute atomic E-state index is 13.6. The highest BCUT2D eigenvalue weighted by molar-refractivity contribution is 6.07. The van der Waals surface area contributed by atoms with Crippen molar-refractivity contribution in [3.8, 4) is 0 Å². The third-order valence-corrected chi connectivity index (χ3v) is 6.79. The molecule has 1 atom stereocenters. The molecule has 3 heterocycles. The van der Waals surface area contributed by atoms with Crippen LogP contribution in [0.25, 0.3) is 0 Å². The summed E-state index contributed by atoms with van der Waals surface area (Å²) in [4.78, 5) is 45.7. The number of nitrogens with one attached hydrogen (secondary N) is 2. The Kier molecular flexibility index (Phi) is 5.06. The van der Waals surface area contributed by atoms with Crippen LogP contribution in [0.3, 0.4) is 0 Å². The molecular formula is C23H29N5O4. The van der Waals surface area contributed by atoms with E-state index in [0.29, 0.717) is 5.76 Å². The summed E-state index contributed by atoms with van der Waals surface area (Å²) in [5.74, 6) is 0.531. The number of nitrogens with zero attached hydrogens (tertiary/aromatic N) is 3. The number of fused-ring (bicyclic) bond motifs is 1. The van der Waals surface area contributed by atoms with Crippen molar-refractivity contribution in [2.75, 3.05) is 0 Å². The zero-order valence-corrected chi connectivity index (χ0v) is 18.5. The summed E-state index contributed by atoms with van der Waals surface area (Å²) < 4.78 is 7.14. The Balaban J connectivity index is 1.39. The largest absolute Gasteiger partial charge is 0.465 e. The Morgan fingerprint density at radius 3 is 2.62 bits per heavy atom. The molecule has 0 bridgehead atoms. The third kappa shape index (κ3) is 3.59. The summed E-state index contributed by atoms with van der Waals surface area (Å²) in [5, 5.41) is 5.95. The number of amides is 3. The van der Waals surface area contributed by atoms with Crippen molar-refractivity contribution in [2.24, 2.45) is 0 Å². The van der Waals surface area contributed by atoms with Gasteiger partial charge >= 0.3 is 0 Å². The first-order valence-electron chi connectivity index (χ1n) is 11.4. The van der Waals surface area contributed by atoms with E-state index in [2.05, 4.69) is 15.6 Å². The van der Waals surface area contributed by atoms with Gasteiger partial charge in [0.25, 0.3) is 11.8 Å². The van der Waals surface area contributed by atoms with E-state index in [-0.39, 0.29) is 48.4 Å². The van der Waals surface area contributed by atoms with Crippen LogP contribution in [0.2, 0.25) is 0 Å². The molecule has 0 aromatic carbocycles. The molecule has 2 N–H and O–H groups in total. The molecule has 2 aliphatic carbocycles. The maximum Gasteiger partial charge on any atom is 0.274 e. The van der Waals surface area contributed by atoms with Gasteiger partial charge in [-0.2, -0.15) is 0 Å². The fourth-order valence-electron chi connectivity index (χ4n) is 4.96. The van der Waals surface area contributed by atoms with Crippen LogP contribution >= 0.6 is 0 Å². The smallest absolute Gasteiger partial charge is 0.274 e. The number of imidazole rings is 1. The summed E-state index contributed by atoms with van der Waals surface area (Å²) in [6, 6.07) is 3.82. The summed E-state index contributed by atoms with van der Waals surface area (Å²) in [5.41, 5.74) is -0.674. The molecule has 5 rings (SSSR count). The molecule has 0 radical (unpaired) electrons. The molecule has 1 unspecified atom stereocenters. The van der Waals surface area contributed by atoms with Crippen LogP contribution in [0.15, 0.2) is 22.9 Å². The van der Waals surface area contributed by atoms with Gasteiger partial charge < -0.3 is 24.5 Å². The van der Waals surface area contributed by atoms with Crippen LogP contribution in [-0.4, -0.2) is 49.8 Å². The van der Waals surface area contributed by atoms with Gasteiger partial charge in [0.2, 0.25) is 5.91 Å². The van der Waals surface area contributed by atoms with Gasteiger partial charge in [-0.25, -0.2) is 4.98 Å². The zero-order chi connectivity index (χ0) is 22.5. The molecule has 0 saturated heterocycles. The lowest BCUT2D eigenvalue weighted by molar-refractivity contribution is -0.134. The third-order valence-electron chi connectivity index (χ3n) is 6.79. The van der Waals surface area contributed by atoms with Crippen LogP contribution in [0, 0.1) is 6.92 Å². The second kappa shape index (κ2) is 7.79. The van der Waals surface area contributed by atoms with Crippen molar-refractivity contribution in [1.29, 1.82) is 0 Å². The van der Waals surface area contributed by atoms with E-state index in [9.17, 15) is 14.4 Å². The van der Waals surface area contributed by atoms with Gasteiger partial charge in [0.1, 0.15) is 22.8 Å². The molecule has 0 spiro atoms. The summed E-state index contributed by atoms with van der Waals surface area (Å²) in [7, 11) is 0. The van der Waals surface area contributed by atoms with Crippen molar-refractivity contribution in [3.05, 3.63) is 41.4 Å². The van der Waals surface area contributed by atoms with Gasteiger partial charge in [0.15, 0.2) is 5.69 Å². The van der Waals surface area contributed by atoms with Crippen molar-refractivity contribution in [3.63, 3.8) is 0 Å². The Morgan fingerprint density at radius 2 is 1.97 bits per heavy atom. The first kappa shape index (κ1) is 20.8. The second-order valence-electron chi connectivity index (χ2n) is 9.40. The highest BCUT2D eigenvalue weighted by atomic mass is 16.3. The van der Waals surface area contributed by atoms with Gasteiger partial charge in [0, 0.05) is 12.1 Å². The van der Waals surface area contributed by atoms with Crippen molar-refractivity contribution < 1.29 is 18.8 Å². The fraction of sp³-hybridized carbons (Fsp3) is 0.565. The van der Waals surface area contributed by atoms with E-state index in [4.69, 9.17) is 4.42 Å². The SMILES string of the molecule is Cc1ccc(CNC(=O)c2ncn3c2C(=O)N(C2CC2)C(C)(C(=O)NC2CCCC2)C3)o1. The summed E-state index contributed by atoms with van der Waals surface area (Å²) in [6.07, 6.45) is 7.43. The van der Waals surface area contributed by atoms with Crippen molar-refractivity contribution in [2.45, 2.75) is 83.1 Å². The van der Waals surface area contributed by atoms with E-state index >= 15 is 0 Å². The molecule has 1 aliphatic heterocycles. The van der Waals surface area contributed by atoms with E-state index in [1.807, 2.05) is 19.9 Å². The number of carbonyl (C=O) groups excluding carboxylic acids is 3. The topological polar surface area (TPSA) is 109 Å².